The van der Waals surface area contributed by atoms with Gasteiger partial charge in [-0.05, 0) is 25.8 Å². The summed E-state index contributed by atoms with van der Waals surface area (Å²) in [6.07, 6.45) is 5.16. The molecule has 0 radical (unpaired) electrons. The smallest absolute Gasteiger partial charge is 0.203 e. The number of hydrogen-bond donors (Lipinski definition) is 3. The molecular formula is C16H18Cl2N8. The van der Waals surface area contributed by atoms with Gasteiger partial charge in [-0.15, -0.1) is 0 Å². The van der Waals surface area contributed by atoms with E-state index in [0.29, 0.717) is 27.7 Å². The molecular weight excluding hydrogens is 375 g/mol. The Morgan fingerprint density at radius 1 is 1.27 bits per heavy atom. The van der Waals surface area contributed by atoms with Gasteiger partial charge in [0.05, 0.1) is 11.9 Å². The second-order valence-corrected chi connectivity index (χ2v) is 7.46. The summed E-state index contributed by atoms with van der Waals surface area (Å²) in [4.78, 5) is 15.2. The molecule has 8 nitrogen and oxygen atoms in total. The van der Waals surface area contributed by atoms with Crippen LogP contribution in [0.2, 0.25) is 10.2 Å². The molecule has 136 valence electrons. The topological polar surface area (TPSA) is 109 Å². The number of halogens is 2. The van der Waals surface area contributed by atoms with Gasteiger partial charge < -0.3 is 16.0 Å². The molecule has 0 bridgehead atoms. The molecule has 0 atom stereocenters. The lowest BCUT2D eigenvalue weighted by Gasteiger charge is -2.37. The van der Waals surface area contributed by atoms with Crippen molar-refractivity contribution in [3.63, 3.8) is 0 Å². The number of H-pyrrole nitrogens is 1. The Bertz CT molecular complexity index is 945. The first-order chi connectivity index (χ1) is 12.4. The fourth-order valence-corrected chi connectivity index (χ4v) is 3.24. The van der Waals surface area contributed by atoms with Gasteiger partial charge in [0.2, 0.25) is 5.65 Å². The van der Waals surface area contributed by atoms with E-state index < -0.39 is 0 Å². The van der Waals surface area contributed by atoms with Crippen molar-refractivity contribution < 1.29 is 0 Å². The summed E-state index contributed by atoms with van der Waals surface area (Å²) in [5, 5.41) is 10.9. The number of fused-ring (bicyclic) bond motifs is 1. The van der Waals surface area contributed by atoms with Crippen molar-refractivity contribution in [1.82, 2.24) is 25.1 Å². The zero-order valence-corrected chi connectivity index (χ0v) is 15.6. The van der Waals surface area contributed by atoms with Gasteiger partial charge in [-0.1, -0.05) is 23.2 Å². The number of nitrogens with zero attached hydrogens (tertiary/aromatic N) is 5. The lowest BCUT2D eigenvalue weighted by atomic mass is 9.91. The highest BCUT2D eigenvalue weighted by atomic mass is 35.5. The van der Waals surface area contributed by atoms with Crippen molar-refractivity contribution in [2.45, 2.75) is 25.3 Å². The van der Waals surface area contributed by atoms with E-state index in [0.717, 1.165) is 31.7 Å². The van der Waals surface area contributed by atoms with Crippen LogP contribution in [-0.2, 0) is 0 Å². The average Bonchev–Trinajstić information content (AvgIpc) is 3.01. The minimum Gasteiger partial charge on any atom is -0.355 e. The quantitative estimate of drug-likeness (QED) is 0.587. The SMILES string of the molecule is CC1(N)CCN(c2cnc3c(Nc4ccnc(Cl)c4Cl)[nH]nc3n2)CC1. The summed E-state index contributed by atoms with van der Waals surface area (Å²) >= 11 is 12.1. The summed E-state index contributed by atoms with van der Waals surface area (Å²) in [7, 11) is 0. The highest BCUT2D eigenvalue weighted by molar-refractivity contribution is 6.43. The van der Waals surface area contributed by atoms with E-state index in [1.165, 1.54) is 0 Å². The molecule has 0 aliphatic carbocycles. The molecule has 4 N–H and O–H groups in total. The van der Waals surface area contributed by atoms with Crippen LogP contribution in [-0.4, -0.2) is 43.8 Å². The molecule has 0 amide bonds. The first kappa shape index (κ1) is 17.3. The standard InChI is InChI=1S/C16H18Cl2N8/c1-16(19)3-6-26(7-4-16)10-8-21-12-14(24-25-15(12)23-10)22-9-2-5-20-13(18)11(9)17/h2,5,8H,3-4,6-7,19H2,1H3,(H2,20,22,23,24,25). The number of nitrogens with two attached hydrogens (primary N) is 1. The maximum absolute atomic E-state index is 6.20. The van der Waals surface area contributed by atoms with Crippen LogP contribution in [0.3, 0.4) is 0 Å². The van der Waals surface area contributed by atoms with Gasteiger partial charge in [-0.25, -0.2) is 15.0 Å². The van der Waals surface area contributed by atoms with Crippen molar-refractivity contribution in [3.05, 3.63) is 28.6 Å². The lowest BCUT2D eigenvalue weighted by Crippen LogP contribution is -2.48. The molecule has 4 rings (SSSR count). The van der Waals surface area contributed by atoms with Crippen molar-refractivity contribution in [1.29, 1.82) is 0 Å². The van der Waals surface area contributed by atoms with E-state index in [2.05, 4.69) is 42.3 Å². The zero-order chi connectivity index (χ0) is 18.3. The zero-order valence-electron chi connectivity index (χ0n) is 14.1. The van der Waals surface area contributed by atoms with Crippen LogP contribution in [0.25, 0.3) is 11.2 Å². The number of aromatic nitrogens is 5. The molecule has 1 fully saturated rings. The number of aromatic amines is 1. The number of nitrogens with one attached hydrogen (secondary N) is 2. The fraction of sp³-hybridized carbons (Fsp3) is 0.375. The highest BCUT2D eigenvalue weighted by Gasteiger charge is 2.27. The first-order valence-electron chi connectivity index (χ1n) is 8.25. The molecule has 1 aliphatic heterocycles. The van der Waals surface area contributed by atoms with E-state index in [1.54, 1.807) is 18.5 Å². The third-order valence-corrected chi connectivity index (χ3v) is 5.35. The Hall–Kier alpha value is -2.16. The fourth-order valence-electron chi connectivity index (χ4n) is 2.92. The van der Waals surface area contributed by atoms with E-state index in [1.807, 2.05) is 0 Å². The lowest BCUT2D eigenvalue weighted by molar-refractivity contribution is 0.363. The molecule has 10 heteroatoms. The number of rotatable bonds is 3. The van der Waals surface area contributed by atoms with E-state index in [-0.39, 0.29) is 10.7 Å². The Morgan fingerprint density at radius 2 is 2.04 bits per heavy atom. The van der Waals surface area contributed by atoms with Gasteiger partial charge >= 0.3 is 0 Å². The highest BCUT2D eigenvalue weighted by Crippen LogP contribution is 2.31. The second kappa shape index (κ2) is 6.53. The Balaban J connectivity index is 1.59. The summed E-state index contributed by atoms with van der Waals surface area (Å²) in [5.74, 6) is 1.40. The molecule has 3 aromatic heterocycles. The van der Waals surface area contributed by atoms with Crippen molar-refractivity contribution in [3.8, 4) is 0 Å². The molecule has 4 heterocycles. The van der Waals surface area contributed by atoms with E-state index in [4.69, 9.17) is 28.9 Å². The molecule has 1 saturated heterocycles. The number of piperidine rings is 1. The molecule has 3 aromatic rings. The maximum atomic E-state index is 6.20. The van der Waals surface area contributed by atoms with Crippen LogP contribution in [0.1, 0.15) is 19.8 Å². The van der Waals surface area contributed by atoms with Gasteiger partial charge in [-0.3, -0.25) is 5.10 Å². The molecule has 0 unspecified atom stereocenters. The molecule has 0 aromatic carbocycles. The van der Waals surface area contributed by atoms with Gasteiger partial charge in [0.1, 0.15) is 16.0 Å². The van der Waals surface area contributed by atoms with Crippen molar-refractivity contribution in [2.24, 2.45) is 5.73 Å². The molecule has 26 heavy (non-hydrogen) atoms. The normalized spacial score (nSPS) is 16.8. The van der Waals surface area contributed by atoms with Crippen LogP contribution in [0.4, 0.5) is 17.3 Å². The molecule has 0 saturated carbocycles. The number of hydrogen-bond acceptors (Lipinski definition) is 7. The summed E-state index contributed by atoms with van der Waals surface area (Å²) in [6.45, 7) is 3.79. The van der Waals surface area contributed by atoms with Gasteiger partial charge in [0.25, 0.3) is 0 Å². The predicted octanol–water partition coefficient (Wildman–Crippen LogP) is 3.12. The number of anilines is 3. The van der Waals surface area contributed by atoms with Crippen LogP contribution in [0.5, 0.6) is 0 Å². The van der Waals surface area contributed by atoms with Crippen LogP contribution in [0, 0.1) is 0 Å². The van der Waals surface area contributed by atoms with Crippen LogP contribution < -0.4 is 16.0 Å². The summed E-state index contributed by atoms with van der Waals surface area (Å²) < 4.78 is 0. The van der Waals surface area contributed by atoms with Crippen molar-refractivity contribution in [2.75, 3.05) is 23.3 Å². The summed E-state index contributed by atoms with van der Waals surface area (Å²) in [6, 6.07) is 1.72. The Morgan fingerprint density at radius 3 is 2.81 bits per heavy atom. The third kappa shape index (κ3) is 3.27. The predicted molar refractivity (Wildman–Crippen MR) is 103 cm³/mol. The Labute approximate surface area is 160 Å². The summed E-state index contributed by atoms with van der Waals surface area (Å²) in [5.41, 5.74) is 7.85. The first-order valence-corrected chi connectivity index (χ1v) is 9.00. The van der Waals surface area contributed by atoms with Crippen molar-refractivity contribution >= 4 is 51.7 Å². The second-order valence-electron chi connectivity index (χ2n) is 6.73. The van der Waals surface area contributed by atoms with E-state index >= 15 is 0 Å². The largest absolute Gasteiger partial charge is 0.355 e. The average molecular weight is 393 g/mol. The number of pyridine rings is 1. The third-order valence-electron chi connectivity index (χ3n) is 4.59. The Kier molecular flexibility index (Phi) is 4.34. The van der Waals surface area contributed by atoms with Gasteiger partial charge in [-0.2, -0.15) is 5.10 Å². The van der Waals surface area contributed by atoms with Gasteiger partial charge in [0, 0.05) is 24.8 Å². The van der Waals surface area contributed by atoms with Crippen LogP contribution >= 0.6 is 23.2 Å². The minimum atomic E-state index is -0.109. The van der Waals surface area contributed by atoms with Gasteiger partial charge in [0.15, 0.2) is 11.3 Å². The maximum Gasteiger partial charge on any atom is 0.203 e. The monoisotopic (exact) mass is 392 g/mol. The van der Waals surface area contributed by atoms with E-state index in [9.17, 15) is 0 Å². The van der Waals surface area contributed by atoms with Crippen LogP contribution in [0.15, 0.2) is 18.5 Å². The molecule has 1 aliphatic rings. The molecule has 0 spiro atoms. The minimum absolute atomic E-state index is 0.109.